The summed E-state index contributed by atoms with van der Waals surface area (Å²) >= 11 is 0. The molecule has 0 saturated carbocycles. The van der Waals surface area contributed by atoms with E-state index >= 15 is 0 Å². The van der Waals surface area contributed by atoms with Gasteiger partial charge in [0.2, 0.25) is 0 Å². The Morgan fingerprint density at radius 2 is 1.75 bits per heavy atom. The summed E-state index contributed by atoms with van der Waals surface area (Å²) in [6.07, 6.45) is -5.26. The molecule has 0 aromatic heterocycles. The van der Waals surface area contributed by atoms with Gasteiger partial charge in [-0.1, -0.05) is 12.1 Å². The maximum Gasteiger partial charge on any atom is 0.295 e. The molecule has 1 N–H and O–H groups in total. The van der Waals surface area contributed by atoms with E-state index in [-0.39, 0.29) is 17.7 Å². The van der Waals surface area contributed by atoms with Gasteiger partial charge in [0.05, 0.1) is 0 Å². The maximum absolute atomic E-state index is 13.4. The molecule has 0 heterocycles. The molecule has 0 aliphatic rings. The molecular weight excluding hydrogens is 221 g/mol. The van der Waals surface area contributed by atoms with E-state index in [1.54, 1.807) is 0 Å². The van der Waals surface area contributed by atoms with Crippen LogP contribution in [0.4, 0.5) is 13.2 Å². The average molecular weight is 232 g/mol. The van der Waals surface area contributed by atoms with Gasteiger partial charge < -0.3 is 5.11 Å². The number of phenols is 1. The lowest BCUT2D eigenvalue weighted by atomic mass is 10.0. The summed E-state index contributed by atoms with van der Waals surface area (Å²) in [7, 11) is 0. The first-order valence-electron chi connectivity index (χ1n) is 4.74. The molecule has 1 atom stereocenters. The Hall–Kier alpha value is -1.52. The molecule has 0 bridgehead atoms. The number of benzene rings is 1. The molecule has 16 heavy (non-hydrogen) atoms. The number of carbonyl (C=O) groups excluding carboxylic acids is 1. The molecule has 0 spiro atoms. The molecule has 0 radical (unpaired) electrons. The number of Topliss-reactive ketones (excluding diaryl/α,β-unsaturated/α-hetero) is 1. The van der Waals surface area contributed by atoms with Crippen LogP contribution in [-0.4, -0.2) is 17.3 Å². The third-order valence-corrected chi connectivity index (χ3v) is 2.14. The van der Waals surface area contributed by atoms with E-state index in [0.29, 0.717) is 0 Å². The minimum atomic E-state index is -3.04. The van der Waals surface area contributed by atoms with Gasteiger partial charge in [0, 0.05) is 6.42 Å². The van der Waals surface area contributed by atoms with Crippen LogP contribution in [0.1, 0.15) is 24.6 Å². The summed E-state index contributed by atoms with van der Waals surface area (Å²) in [6, 6.07) is 5.31. The number of hydrogen-bond donors (Lipinski definition) is 1. The van der Waals surface area contributed by atoms with Crippen LogP contribution in [0.15, 0.2) is 24.3 Å². The van der Waals surface area contributed by atoms with Gasteiger partial charge in [-0.05, 0) is 24.1 Å². The molecule has 5 heteroatoms. The Kier molecular flexibility index (Phi) is 4.34. The topological polar surface area (TPSA) is 37.3 Å². The number of alkyl halides is 3. The standard InChI is InChI=1S/C11H11F3O2/c12-9(5-6-10(16)11(13)14)7-1-3-8(15)4-2-7/h1-4,9,11,15H,5-6H2. The summed E-state index contributed by atoms with van der Waals surface area (Å²) in [5.74, 6) is -1.25. The van der Waals surface area contributed by atoms with Crippen molar-refractivity contribution >= 4 is 5.78 Å². The van der Waals surface area contributed by atoms with Gasteiger partial charge in [0.25, 0.3) is 6.43 Å². The quantitative estimate of drug-likeness (QED) is 0.847. The average Bonchev–Trinajstić information content (AvgIpc) is 2.26. The molecule has 0 aliphatic heterocycles. The second kappa shape index (κ2) is 5.53. The van der Waals surface area contributed by atoms with Crippen molar-refractivity contribution in [2.24, 2.45) is 0 Å². The highest BCUT2D eigenvalue weighted by Crippen LogP contribution is 2.24. The third-order valence-electron chi connectivity index (χ3n) is 2.14. The first-order valence-corrected chi connectivity index (χ1v) is 4.74. The van der Waals surface area contributed by atoms with Crippen molar-refractivity contribution < 1.29 is 23.1 Å². The molecule has 2 nitrogen and oxygen atoms in total. The predicted molar refractivity (Wildman–Crippen MR) is 52.2 cm³/mol. The Bertz CT molecular complexity index is 349. The van der Waals surface area contributed by atoms with E-state index in [9.17, 15) is 18.0 Å². The zero-order valence-electron chi connectivity index (χ0n) is 8.37. The van der Waals surface area contributed by atoms with Gasteiger partial charge >= 0.3 is 0 Å². The Labute approximate surface area is 90.7 Å². The fraction of sp³-hybridized carbons (Fsp3) is 0.364. The number of rotatable bonds is 5. The first kappa shape index (κ1) is 12.5. The van der Waals surface area contributed by atoms with Gasteiger partial charge in [-0.25, -0.2) is 13.2 Å². The van der Waals surface area contributed by atoms with Crippen molar-refractivity contribution in [3.63, 3.8) is 0 Å². The van der Waals surface area contributed by atoms with Crippen LogP contribution in [0.3, 0.4) is 0 Å². The van der Waals surface area contributed by atoms with E-state index in [2.05, 4.69) is 0 Å². The molecule has 1 unspecified atom stereocenters. The van der Waals surface area contributed by atoms with Gasteiger partial charge in [-0.3, -0.25) is 4.79 Å². The van der Waals surface area contributed by atoms with Crippen LogP contribution >= 0.6 is 0 Å². The highest BCUT2D eigenvalue weighted by Gasteiger charge is 2.18. The van der Waals surface area contributed by atoms with Crippen molar-refractivity contribution in [3.8, 4) is 5.75 Å². The number of carbonyl (C=O) groups is 1. The zero-order chi connectivity index (χ0) is 12.1. The summed E-state index contributed by atoms with van der Waals surface area (Å²) < 4.78 is 37.1. The van der Waals surface area contributed by atoms with Gasteiger partial charge in [0.15, 0.2) is 5.78 Å². The normalized spacial score (nSPS) is 12.8. The molecule has 1 rings (SSSR count). The van der Waals surface area contributed by atoms with Crippen LogP contribution in [0.25, 0.3) is 0 Å². The predicted octanol–water partition coefficient (Wildman–Crippen LogP) is 3.02. The highest BCUT2D eigenvalue weighted by atomic mass is 19.3. The monoisotopic (exact) mass is 232 g/mol. The SMILES string of the molecule is O=C(CCC(F)c1ccc(O)cc1)C(F)F. The van der Waals surface area contributed by atoms with E-state index in [1.165, 1.54) is 24.3 Å². The molecule has 0 fully saturated rings. The molecular formula is C11H11F3O2. The largest absolute Gasteiger partial charge is 0.508 e. The maximum atomic E-state index is 13.4. The Balaban J connectivity index is 2.49. The minimum Gasteiger partial charge on any atom is -0.508 e. The van der Waals surface area contributed by atoms with Crippen LogP contribution in [0.2, 0.25) is 0 Å². The van der Waals surface area contributed by atoms with Crippen LogP contribution in [-0.2, 0) is 4.79 Å². The van der Waals surface area contributed by atoms with Crippen molar-refractivity contribution in [2.45, 2.75) is 25.4 Å². The minimum absolute atomic E-state index is 0.000364. The molecule has 0 amide bonds. The highest BCUT2D eigenvalue weighted by molar-refractivity contribution is 5.81. The van der Waals surface area contributed by atoms with E-state index in [1.807, 2.05) is 0 Å². The lowest BCUT2D eigenvalue weighted by Gasteiger charge is -2.07. The second-order valence-electron chi connectivity index (χ2n) is 3.36. The number of phenolic OH excluding ortho intramolecular Hbond substituents is 1. The summed E-state index contributed by atoms with van der Waals surface area (Å²) in [5.41, 5.74) is 0.264. The zero-order valence-corrected chi connectivity index (χ0v) is 8.37. The molecule has 0 saturated heterocycles. The van der Waals surface area contributed by atoms with Gasteiger partial charge in [-0.2, -0.15) is 0 Å². The number of aromatic hydroxyl groups is 1. The molecule has 1 aromatic carbocycles. The van der Waals surface area contributed by atoms with E-state index in [4.69, 9.17) is 5.11 Å². The summed E-state index contributed by atoms with van der Waals surface area (Å²) in [6.45, 7) is 0. The van der Waals surface area contributed by atoms with Gasteiger partial charge in [-0.15, -0.1) is 0 Å². The first-order chi connectivity index (χ1) is 7.50. The molecule has 0 aliphatic carbocycles. The number of hydrogen-bond acceptors (Lipinski definition) is 2. The molecule has 1 aromatic rings. The fourth-order valence-electron chi connectivity index (χ4n) is 1.23. The van der Waals surface area contributed by atoms with Crippen molar-refractivity contribution in [1.29, 1.82) is 0 Å². The fourth-order valence-corrected chi connectivity index (χ4v) is 1.23. The van der Waals surface area contributed by atoms with Crippen LogP contribution in [0.5, 0.6) is 5.75 Å². The smallest absolute Gasteiger partial charge is 0.295 e. The van der Waals surface area contributed by atoms with Crippen molar-refractivity contribution in [3.05, 3.63) is 29.8 Å². The third kappa shape index (κ3) is 3.56. The Morgan fingerprint density at radius 1 is 1.19 bits per heavy atom. The summed E-state index contributed by atoms with van der Waals surface area (Å²) in [4.78, 5) is 10.6. The lowest BCUT2D eigenvalue weighted by molar-refractivity contribution is -0.129. The van der Waals surface area contributed by atoms with Crippen LogP contribution < -0.4 is 0 Å². The van der Waals surface area contributed by atoms with Crippen molar-refractivity contribution in [1.82, 2.24) is 0 Å². The summed E-state index contributed by atoms with van der Waals surface area (Å²) in [5, 5.41) is 8.95. The van der Waals surface area contributed by atoms with Crippen LogP contribution in [0, 0.1) is 0 Å². The lowest BCUT2D eigenvalue weighted by Crippen LogP contribution is -2.10. The number of halogens is 3. The van der Waals surface area contributed by atoms with Gasteiger partial charge in [0.1, 0.15) is 11.9 Å². The Morgan fingerprint density at radius 3 is 2.25 bits per heavy atom. The second-order valence-corrected chi connectivity index (χ2v) is 3.36. The number of ketones is 1. The van der Waals surface area contributed by atoms with Crippen molar-refractivity contribution in [2.75, 3.05) is 0 Å². The molecule has 88 valence electrons. The van der Waals surface area contributed by atoms with E-state index in [0.717, 1.165) is 0 Å². The van der Waals surface area contributed by atoms with E-state index < -0.39 is 24.8 Å².